The van der Waals surface area contributed by atoms with Gasteiger partial charge in [0, 0.05) is 0 Å². The Kier molecular flexibility index (Phi) is 0.761. The van der Waals surface area contributed by atoms with Gasteiger partial charge in [-0.15, -0.1) is 0 Å². The molecule has 1 fully saturated rings. The molecule has 0 bridgehead atoms. The van der Waals surface area contributed by atoms with Gasteiger partial charge in [-0.3, -0.25) is 0 Å². The molecule has 1 aliphatic rings. The van der Waals surface area contributed by atoms with Crippen molar-refractivity contribution in [3.8, 4) is 0 Å². The Hall–Kier alpha value is 0.202. The normalized spacial score (nSPS) is 20.4. The van der Waals surface area contributed by atoms with Crippen molar-refractivity contribution in [3.63, 3.8) is 0 Å². The SMILES string of the molecule is O=C1[CH2][AlH][CH2]1. The van der Waals surface area contributed by atoms with E-state index in [0.29, 0.717) is 5.78 Å². The Balaban J connectivity index is 2.32. The lowest BCUT2D eigenvalue weighted by Crippen LogP contribution is -2.15. The molecule has 2 heteroatoms. The average molecular weight is 84.1 g/mol. The van der Waals surface area contributed by atoms with Gasteiger partial charge in [-0.1, -0.05) is 0 Å². The minimum Gasteiger partial charge on any atom is -0.303 e. The molecule has 1 saturated heterocycles. The van der Waals surface area contributed by atoms with Crippen LogP contribution in [0.4, 0.5) is 0 Å². The summed E-state index contributed by atoms with van der Waals surface area (Å²) in [6, 6.07) is 0. The molecule has 0 amide bonds. The first-order valence-electron chi connectivity index (χ1n) is 1.91. The van der Waals surface area contributed by atoms with Crippen LogP contribution in [-0.2, 0) is 4.79 Å². The molecule has 0 atom stereocenters. The summed E-state index contributed by atoms with van der Waals surface area (Å²) in [5.41, 5.74) is 0. The standard InChI is InChI=1S/C3H4O.Al.H/c1-3(2)4;;/h1-2H2;;. The quantitative estimate of drug-likeness (QED) is 0.373. The van der Waals surface area contributed by atoms with Crippen LogP contribution in [0.2, 0.25) is 10.6 Å². The summed E-state index contributed by atoms with van der Waals surface area (Å²) in [4.78, 5) is 9.93. The molecule has 26 valence electrons. The van der Waals surface area contributed by atoms with Crippen molar-refractivity contribution in [2.24, 2.45) is 0 Å². The van der Waals surface area contributed by atoms with Gasteiger partial charge in [-0.2, -0.15) is 0 Å². The molecule has 1 rings (SSSR count). The molecule has 0 aliphatic carbocycles. The summed E-state index contributed by atoms with van der Waals surface area (Å²) < 4.78 is 0. The van der Waals surface area contributed by atoms with E-state index in [1.165, 1.54) is 0 Å². The fraction of sp³-hybridized carbons (Fsp3) is 0.667. The highest BCUT2D eigenvalue weighted by Crippen LogP contribution is 2.02. The number of Topliss-reactive ketones (excluding diaryl/α,β-unsaturated/α-hetero) is 1. The first-order valence-corrected chi connectivity index (χ1v) is 3.91. The third-order valence-electron chi connectivity index (χ3n) is 0.911. The first-order chi connectivity index (χ1) is 2.39. The van der Waals surface area contributed by atoms with Gasteiger partial charge in [0.15, 0.2) is 0 Å². The monoisotopic (exact) mass is 84.0 g/mol. The van der Waals surface area contributed by atoms with Crippen LogP contribution < -0.4 is 0 Å². The summed E-state index contributed by atoms with van der Waals surface area (Å²) in [6.07, 6.45) is 0. The highest BCUT2D eigenvalue weighted by atomic mass is 27.1. The lowest BCUT2D eigenvalue weighted by atomic mass is 10.5. The molecule has 0 aromatic heterocycles. The Morgan fingerprint density at radius 3 is 2.00 bits per heavy atom. The van der Waals surface area contributed by atoms with Gasteiger partial charge in [0.1, 0.15) is 5.78 Å². The van der Waals surface area contributed by atoms with E-state index in [4.69, 9.17) is 0 Å². The van der Waals surface area contributed by atoms with E-state index in [0.717, 1.165) is 10.6 Å². The van der Waals surface area contributed by atoms with E-state index in [1.807, 2.05) is 0 Å². The van der Waals surface area contributed by atoms with Crippen LogP contribution in [-0.4, -0.2) is 21.0 Å². The minimum absolute atomic E-state index is 0.208. The Morgan fingerprint density at radius 1 is 1.60 bits per heavy atom. The predicted octanol–water partition coefficient (Wildman–Crippen LogP) is -0.158. The third-order valence-corrected chi connectivity index (χ3v) is 2.73. The molecule has 0 N–H and O–H groups in total. The van der Waals surface area contributed by atoms with Crippen LogP contribution in [0.1, 0.15) is 0 Å². The van der Waals surface area contributed by atoms with Crippen molar-refractivity contribution in [3.05, 3.63) is 0 Å². The lowest BCUT2D eigenvalue weighted by molar-refractivity contribution is -0.116. The van der Waals surface area contributed by atoms with E-state index >= 15 is 0 Å². The van der Waals surface area contributed by atoms with Crippen molar-refractivity contribution >= 4 is 21.0 Å². The Labute approximate surface area is 37.1 Å². The molecule has 0 saturated carbocycles. The molecule has 0 radical (unpaired) electrons. The summed E-state index contributed by atoms with van der Waals surface area (Å²) >= 11 is 0.208. The molecule has 0 spiro atoms. The summed E-state index contributed by atoms with van der Waals surface area (Å²) in [7, 11) is 0. The maximum Gasteiger partial charge on any atom is 0.258 e. The number of carbonyl (C=O) groups is 1. The van der Waals surface area contributed by atoms with Crippen LogP contribution in [0.5, 0.6) is 0 Å². The fourth-order valence-corrected chi connectivity index (χ4v) is 0.963. The van der Waals surface area contributed by atoms with Gasteiger partial charge >= 0.3 is 0 Å². The number of rotatable bonds is 0. The van der Waals surface area contributed by atoms with Crippen molar-refractivity contribution in [2.75, 3.05) is 0 Å². The Bertz CT molecular complexity index is 53.9. The number of hydrogen-bond donors (Lipinski definition) is 0. The zero-order valence-corrected chi connectivity index (χ0v) is 4.44. The van der Waals surface area contributed by atoms with Gasteiger partial charge in [-0.05, 0) is 10.6 Å². The summed E-state index contributed by atoms with van der Waals surface area (Å²) in [5.74, 6) is 0.497. The molecule has 0 aromatic rings. The smallest absolute Gasteiger partial charge is 0.258 e. The molecule has 1 heterocycles. The number of carbonyl (C=O) groups excluding carboxylic acids is 1. The second-order valence-electron chi connectivity index (χ2n) is 1.39. The molecule has 1 aliphatic heterocycles. The van der Waals surface area contributed by atoms with E-state index in [2.05, 4.69) is 0 Å². The average Bonchev–Trinajstić information content (AvgIpc) is 1.30. The van der Waals surface area contributed by atoms with E-state index in [1.54, 1.807) is 0 Å². The van der Waals surface area contributed by atoms with Gasteiger partial charge in [0.2, 0.25) is 0 Å². The Morgan fingerprint density at radius 2 is 2.00 bits per heavy atom. The maximum atomic E-state index is 9.93. The molecule has 0 aromatic carbocycles. The fourth-order valence-electron chi connectivity index (χ4n) is 0.321. The second-order valence-corrected chi connectivity index (χ2v) is 3.10. The van der Waals surface area contributed by atoms with E-state index in [-0.39, 0.29) is 15.2 Å². The molecule has 5 heavy (non-hydrogen) atoms. The van der Waals surface area contributed by atoms with E-state index < -0.39 is 0 Å². The van der Waals surface area contributed by atoms with Crippen molar-refractivity contribution in [1.29, 1.82) is 0 Å². The van der Waals surface area contributed by atoms with Crippen molar-refractivity contribution < 1.29 is 4.79 Å². The molecular weight excluding hydrogens is 79.0 g/mol. The van der Waals surface area contributed by atoms with Crippen LogP contribution in [0.15, 0.2) is 0 Å². The van der Waals surface area contributed by atoms with Crippen LogP contribution in [0, 0.1) is 0 Å². The van der Waals surface area contributed by atoms with Crippen molar-refractivity contribution in [2.45, 2.75) is 10.6 Å². The largest absolute Gasteiger partial charge is 0.303 e. The third kappa shape index (κ3) is 0.530. The summed E-state index contributed by atoms with van der Waals surface area (Å²) in [5, 5.41) is 1.97. The summed E-state index contributed by atoms with van der Waals surface area (Å²) in [6.45, 7) is 0. The van der Waals surface area contributed by atoms with Gasteiger partial charge in [0.05, 0.1) is 0 Å². The van der Waals surface area contributed by atoms with Crippen molar-refractivity contribution in [1.82, 2.24) is 0 Å². The molecule has 0 unspecified atom stereocenters. The van der Waals surface area contributed by atoms with Crippen LogP contribution in [0.25, 0.3) is 0 Å². The number of hydrogen-bond acceptors (Lipinski definition) is 1. The highest BCUT2D eigenvalue weighted by Gasteiger charge is 2.13. The predicted molar refractivity (Wildman–Crippen MR) is 21.8 cm³/mol. The van der Waals surface area contributed by atoms with E-state index in [9.17, 15) is 4.79 Å². The van der Waals surface area contributed by atoms with Gasteiger partial charge in [0.25, 0.3) is 15.2 Å². The number of ketones is 1. The van der Waals surface area contributed by atoms with Gasteiger partial charge < -0.3 is 4.79 Å². The first kappa shape index (κ1) is 3.39. The minimum atomic E-state index is 0.208. The second kappa shape index (κ2) is 1.12. The van der Waals surface area contributed by atoms with Gasteiger partial charge in [-0.25, -0.2) is 0 Å². The topological polar surface area (TPSA) is 17.1 Å². The molecular formula is C3H5AlO. The van der Waals surface area contributed by atoms with Crippen LogP contribution in [0.3, 0.4) is 0 Å². The molecule has 1 nitrogen and oxygen atoms in total. The lowest BCUT2D eigenvalue weighted by Gasteiger charge is -2.01. The zero-order chi connectivity index (χ0) is 3.70. The maximum absolute atomic E-state index is 9.93. The zero-order valence-electron chi connectivity index (χ0n) is 3.03. The highest BCUT2D eigenvalue weighted by molar-refractivity contribution is 6.55. The van der Waals surface area contributed by atoms with Crippen LogP contribution >= 0.6 is 0 Å².